The first-order valence-corrected chi connectivity index (χ1v) is 6.27. The number of aromatic nitrogens is 1. The maximum Gasteiger partial charge on any atom is 0.132 e. The Morgan fingerprint density at radius 2 is 1.78 bits per heavy atom. The summed E-state index contributed by atoms with van der Waals surface area (Å²) in [5.74, 6) is 0.873. The average Bonchev–Trinajstić information content (AvgIpc) is 2.27. The van der Waals surface area contributed by atoms with Crippen LogP contribution >= 0.6 is 11.6 Å². The van der Waals surface area contributed by atoms with E-state index in [0.29, 0.717) is 5.15 Å². The molecule has 0 N–H and O–H groups in total. The number of nitrogens with zero attached hydrogens (tertiary/aromatic N) is 2. The summed E-state index contributed by atoms with van der Waals surface area (Å²) in [5, 5.41) is 0.524. The second-order valence-electron chi connectivity index (χ2n) is 4.75. The molecular weight excluding hydrogens is 244 g/mol. The first kappa shape index (κ1) is 12.9. The molecule has 0 fully saturated rings. The molecule has 3 heteroatoms. The third kappa shape index (κ3) is 2.65. The van der Waals surface area contributed by atoms with Crippen molar-refractivity contribution in [1.29, 1.82) is 0 Å². The maximum atomic E-state index is 6.09. The summed E-state index contributed by atoms with van der Waals surface area (Å²) in [4.78, 5) is 6.25. The molecule has 0 radical (unpaired) electrons. The minimum Gasteiger partial charge on any atom is -0.363 e. The van der Waals surface area contributed by atoms with Crippen LogP contribution in [0.3, 0.4) is 0 Å². The predicted molar refractivity (Wildman–Crippen MR) is 78.5 cm³/mol. The first-order chi connectivity index (χ1) is 8.47. The Balaban J connectivity index is 2.56. The quantitative estimate of drug-likeness (QED) is 0.757. The minimum atomic E-state index is 0.524. The molecule has 0 amide bonds. The van der Waals surface area contributed by atoms with Crippen LogP contribution in [-0.2, 0) is 0 Å². The number of anilines is 1. The van der Waals surface area contributed by atoms with E-state index < -0.39 is 0 Å². The Morgan fingerprint density at radius 1 is 1.06 bits per heavy atom. The molecule has 1 aromatic heterocycles. The second-order valence-corrected chi connectivity index (χ2v) is 5.14. The van der Waals surface area contributed by atoms with Crippen molar-refractivity contribution >= 4 is 17.4 Å². The summed E-state index contributed by atoms with van der Waals surface area (Å²) in [6, 6.07) is 10.4. The highest BCUT2D eigenvalue weighted by Crippen LogP contribution is 2.28. The fourth-order valence-electron chi connectivity index (χ4n) is 2.01. The lowest BCUT2D eigenvalue weighted by atomic mass is 9.99. The van der Waals surface area contributed by atoms with E-state index in [9.17, 15) is 0 Å². The summed E-state index contributed by atoms with van der Waals surface area (Å²) >= 11 is 6.09. The lowest BCUT2D eigenvalue weighted by Gasteiger charge is -2.14. The van der Waals surface area contributed by atoms with Crippen LogP contribution in [0.1, 0.15) is 11.1 Å². The minimum absolute atomic E-state index is 0.524. The van der Waals surface area contributed by atoms with Crippen LogP contribution in [0, 0.1) is 13.8 Å². The van der Waals surface area contributed by atoms with Crippen molar-refractivity contribution in [2.24, 2.45) is 0 Å². The van der Waals surface area contributed by atoms with Crippen LogP contribution in [-0.4, -0.2) is 19.1 Å². The summed E-state index contributed by atoms with van der Waals surface area (Å²) < 4.78 is 0. The molecule has 2 nitrogen and oxygen atoms in total. The monoisotopic (exact) mass is 260 g/mol. The van der Waals surface area contributed by atoms with Gasteiger partial charge in [-0.3, -0.25) is 0 Å². The van der Waals surface area contributed by atoms with Gasteiger partial charge in [0.2, 0.25) is 0 Å². The van der Waals surface area contributed by atoms with Gasteiger partial charge in [-0.05, 0) is 42.7 Å². The zero-order valence-corrected chi connectivity index (χ0v) is 11.9. The summed E-state index contributed by atoms with van der Waals surface area (Å²) in [5.41, 5.74) is 4.83. The third-order valence-corrected chi connectivity index (χ3v) is 3.13. The molecule has 0 aliphatic heterocycles. The smallest absolute Gasteiger partial charge is 0.132 e. The van der Waals surface area contributed by atoms with Crippen molar-refractivity contribution in [3.63, 3.8) is 0 Å². The number of hydrogen-bond donors (Lipinski definition) is 0. The lowest BCUT2D eigenvalue weighted by Crippen LogP contribution is -2.10. The molecule has 0 saturated carbocycles. The van der Waals surface area contributed by atoms with Gasteiger partial charge in [-0.2, -0.15) is 0 Å². The van der Waals surface area contributed by atoms with Crippen LogP contribution in [0.15, 0.2) is 30.3 Å². The molecule has 0 bridgehead atoms. The van der Waals surface area contributed by atoms with Crippen molar-refractivity contribution in [3.8, 4) is 11.1 Å². The fraction of sp³-hybridized carbons (Fsp3) is 0.267. The van der Waals surface area contributed by atoms with E-state index in [4.69, 9.17) is 11.6 Å². The van der Waals surface area contributed by atoms with Crippen molar-refractivity contribution in [3.05, 3.63) is 46.6 Å². The number of rotatable bonds is 2. The third-order valence-electron chi connectivity index (χ3n) is 2.93. The van der Waals surface area contributed by atoms with Gasteiger partial charge in [0.05, 0.1) is 0 Å². The first-order valence-electron chi connectivity index (χ1n) is 5.90. The highest BCUT2D eigenvalue weighted by Gasteiger charge is 2.07. The van der Waals surface area contributed by atoms with Gasteiger partial charge in [-0.25, -0.2) is 4.98 Å². The van der Waals surface area contributed by atoms with Crippen molar-refractivity contribution in [1.82, 2.24) is 4.98 Å². The molecule has 0 aliphatic carbocycles. The molecule has 1 aromatic carbocycles. The molecular formula is C15H17ClN2. The normalized spacial score (nSPS) is 10.5. The maximum absolute atomic E-state index is 6.09. The van der Waals surface area contributed by atoms with Gasteiger partial charge in [0.15, 0.2) is 0 Å². The summed E-state index contributed by atoms with van der Waals surface area (Å²) in [6.45, 7) is 4.22. The van der Waals surface area contributed by atoms with Crippen LogP contribution in [0.5, 0.6) is 0 Å². The van der Waals surface area contributed by atoms with Crippen LogP contribution in [0.4, 0.5) is 5.82 Å². The van der Waals surface area contributed by atoms with Gasteiger partial charge in [-0.15, -0.1) is 0 Å². The highest BCUT2D eigenvalue weighted by molar-refractivity contribution is 6.29. The zero-order chi connectivity index (χ0) is 13.3. The Hall–Kier alpha value is -1.54. The molecule has 2 rings (SSSR count). The van der Waals surface area contributed by atoms with Gasteiger partial charge in [-0.1, -0.05) is 35.4 Å². The Morgan fingerprint density at radius 3 is 2.39 bits per heavy atom. The molecule has 0 saturated heterocycles. The molecule has 2 aromatic rings. The van der Waals surface area contributed by atoms with E-state index >= 15 is 0 Å². The fourth-order valence-corrected chi connectivity index (χ4v) is 2.21. The predicted octanol–water partition coefficient (Wildman–Crippen LogP) is 4.08. The van der Waals surface area contributed by atoms with Crippen molar-refractivity contribution < 1.29 is 0 Å². The van der Waals surface area contributed by atoms with E-state index in [-0.39, 0.29) is 0 Å². The van der Waals surface area contributed by atoms with E-state index in [1.807, 2.05) is 25.1 Å². The zero-order valence-electron chi connectivity index (χ0n) is 11.2. The van der Waals surface area contributed by atoms with E-state index in [0.717, 1.165) is 11.4 Å². The Bertz CT molecular complexity index is 577. The van der Waals surface area contributed by atoms with Gasteiger partial charge >= 0.3 is 0 Å². The summed E-state index contributed by atoms with van der Waals surface area (Å²) in [6.07, 6.45) is 0. The number of aryl methyl sites for hydroxylation is 2. The number of hydrogen-bond acceptors (Lipinski definition) is 2. The van der Waals surface area contributed by atoms with Gasteiger partial charge in [0.1, 0.15) is 11.0 Å². The topological polar surface area (TPSA) is 16.1 Å². The molecule has 0 spiro atoms. The Labute approximate surface area is 113 Å². The molecule has 1 heterocycles. The molecule has 94 valence electrons. The second kappa shape index (κ2) is 4.99. The summed E-state index contributed by atoms with van der Waals surface area (Å²) in [7, 11) is 3.93. The van der Waals surface area contributed by atoms with E-state index in [1.54, 1.807) is 0 Å². The molecule has 0 atom stereocenters. The average molecular weight is 261 g/mol. The number of pyridine rings is 1. The van der Waals surface area contributed by atoms with Crippen LogP contribution < -0.4 is 4.90 Å². The van der Waals surface area contributed by atoms with Gasteiger partial charge in [0, 0.05) is 14.1 Å². The standard InChI is InChI=1S/C15H17ClN2/c1-10-5-6-13(11(2)7-10)12-8-14(16)17-15(9-12)18(3)4/h5-9H,1-4H3. The largest absolute Gasteiger partial charge is 0.363 e. The molecule has 0 unspecified atom stereocenters. The number of halogens is 1. The van der Waals surface area contributed by atoms with Gasteiger partial charge in [0.25, 0.3) is 0 Å². The molecule has 18 heavy (non-hydrogen) atoms. The Kier molecular flexibility index (Phi) is 3.58. The van der Waals surface area contributed by atoms with E-state index in [2.05, 4.69) is 43.1 Å². The van der Waals surface area contributed by atoms with Crippen LogP contribution in [0.2, 0.25) is 5.15 Å². The van der Waals surface area contributed by atoms with Gasteiger partial charge < -0.3 is 4.90 Å². The van der Waals surface area contributed by atoms with Crippen molar-refractivity contribution in [2.45, 2.75) is 13.8 Å². The lowest BCUT2D eigenvalue weighted by molar-refractivity contribution is 1.07. The van der Waals surface area contributed by atoms with E-state index in [1.165, 1.54) is 16.7 Å². The highest BCUT2D eigenvalue weighted by atomic mass is 35.5. The SMILES string of the molecule is Cc1ccc(-c2cc(Cl)nc(N(C)C)c2)c(C)c1. The molecule has 0 aliphatic rings. The van der Waals surface area contributed by atoms with Crippen molar-refractivity contribution in [2.75, 3.05) is 19.0 Å². The van der Waals surface area contributed by atoms with Crippen LogP contribution in [0.25, 0.3) is 11.1 Å². The number of benzene rings is 1.